The zero-order valence-corrected chi connectivity index (χ0v) is 11.7. The Kier molecular flexibility index (Phi) is 3.27. The van der Waals surface area contributed by atoms with Crippen molar-refractivity contribution in [2.75, 3.05) is 5.43 Å². The molecule has 1 saturated carbocycles. The molecule has 1 aromatic carbocycles. The molecule has 1 N–H and O–H groups in total. The zero-order valence-electron chi connectivity index (χ0n) is 9.46. The average molecular weight is 302 g/mol. The molecule has 5 heteroatoms. The largest absolute Gasteiger partial charge is 0.276 e. The summed E-state index contributed by atoms with van der Waals surface area (Å²) in [6, 6.07) is 3.30. The number of benzene rings is 1. The van der Waals surface area contributed by atoms with Gasteiger partial charge in [0.25, 0.3) is 0 Å². The molecule has 2 aliphatic carbocycles. The molecule has 0 heterocycles. The van der Waals surface area contributed by atoms with Crippen molar-refractivity contribution in [1.29, 1.82) is 0 Å². The summed E-state index contributed by atoms with van der Waals surface area (Å²) in [5, 5.41) is 5.90. The summed E-state index contributed by atoms with van der Waals surface area (Å²) in [7, 11) is 0. The van der Waals surface area contributed by atoms with E-state index in [0.29, 0.717) is 32.6 Å². The number of hydrogen-bond donors (Lipinski definition) is 1. The fourth-order valence-electron chi connectivity index (χ4n) is 2.44. The summed E-state index contributed by atoms with van der Waals surface area (Å²) >= 11 is 18.0. The summed E-state index contributed by atoms with van der Waals surface area (Å²) in [6.45, 7) is 0. The highest BCUT2D eigenvalue weighted by atomic mass is 35.5. The second-order valence-electron chi connectivity index (χ2n) is 4.60. The van der Waals surface area contributed by atoms with Gasteiger partial charge in [0.1, 0.15) is 0 Å². The number of nitrogens with one attached hydrogen (secondary N) is 1. The highest BCUT2D eigenvalue weighted by molar-refractivity contribution is 6.41. The number of anilines is 1. The van der Waals surface area contributed by atoms with Crippen molar-refractivity contribution < 1.29 is 0 Å². The maximum Gasteiger partial charge on any atom is 0.0935 e. The van der Waals surface area contributed by atoms with Crippen molar-refractivity contribution in [3.8, 4) is 0 Å². The van der Waals surface area contributed by atoms with Crippen LogP contribution in [0.5, 0.6) is 0 Å². The van der Waals surface area contributed by atoms with Gasteiger partial charge in [-0.05, 0) is 30.9 Å². The van der Waals surface area contributed by atoms with E-state index in [-0.39, 0.29) is 0 Å². The van der Waals surface area contributed by atoms with Gasteiger partial charge in [0.05, 0.1) is 15.7 Å². The molecule has 2 atom stereocenters. The third-order valence-corrected chi connectivity index (χ3v) is 4.30. The normalized spacial score (nSPS) is 27.2. The number of allylic oxidation sites excluding steroid dienone is 2. The number of hydrazone groups is 1. The van der Waals surface area contributed by atoms with Gasteiger partial charge in [-0.15, -0.1) is 0 Å². The van der Waals surface area contributed by atoms with Crippen LogP contribution in [-0.2, 0) is 0 Å². The Morgan fingerprint density at radius 2 is 1.89 bits per heavy atom. The zero-order chi connectivity index (χ0) is 12.7. The van der Waals surface area contributed by atoms with E-state index in [4.69, 9.17) is 34.8 Å². The van der Waals surface area contributed by atoms with Crippen LogP contribution in [0.4, 0.5) is 5.69 Å². The van der Waals surface area contributed by atoms with Crippen molar-refractivity contribution in [3.63, 3.8) is 0 Å². The van der Waals surface area contributed by atoms with Crippen LogP contribution in [0, 0.1) is 11.8 Å². The molecule has 0 unspecified atom stereocenters. The standard InChI is InChI=1S/C13H11Cl3N2/c14-8-5-10(15)13(11(16)6-8)18-17-12-4-7-2-1-3-9(7)12/h1-2,5-7,9,18H,3-4H2/b17-12-/t7-,9+/m0/s1. The molecule has 1 fully saturated rings. The van der Waals surface area contributed by atoms with Crippen LogP contribution in [0.1, 0.15) is 12.8 Å². The number of halogens is 3. The molecular formula is C13H11Cl3N2. The monoisotopic (exact) mass is 300 g/mol. The third kappa shape index (κ3) is 2.13. The van der Waals surface area contributed by atoms with E-state index in [9.17, 15) is 0 Å². The summed E-state index contributed by atoms with van der Waals surface area (Å²) in [5.41, 5.74) is 4.76. The van der Waals surface area contributed by atoms with E-state index in [2.05, 4.69) is 22.7 Å². The van der Waals surface area contributed by atoms with Crippen LogP contribution >= 0.6 is 34.8 Å². The van der Waals surface area contributed by atoms with E-state index in [1.807, 2.05) is 0 Å². The summed E-state index contributed by atoms with van der Waals surface area (Å²) in [4.78, 5) is 0. The molecule has 0 radical (unpaired) electrons. The van der Waals surface area contributed by atoms with Gasteiger partial charge in [-0.1, -0.05) is 47.0 Å². The van der Waals surface area contributed by atoms with E-state index in [0.717, 1.165) is 12.8 Å². The minimum absolute atomic E-state index is 0.484. The Balaban J connectivity index is 1.76. The van der Waals surface area contributed by atoms with Crippen molar-refractivity contribution in [2.45, 2.75) is 12.8 Å². The van der Waals surface area contributed by atoms with Gasteiger partial charge in [-0.25, -0.2) is 0 Å². The number of hydrogen-bond acceptors (Lipinski definition) is 2. The van der Waals surface area contributed by atoms with E-state index < -0.39 is 0 Å². The lowest BCUT2D eigenvalue weighted by molar-refractivity contribution is 0.466. The second kappa shape index (κ2) is 4.76. The number of nitrogens with zero attached hydrogens (tertiary/aromatic N) is 1. The summed E-state index contributed by atoms with van der Waals surface area (Å²) in [5.74, 6) is 1.25. The molecule has 2 nitrogen and oxygen atoms in total. The molecule has 1 aromatic rings. The Morgan fingerprint density at radius 3 is 2.56 bits per heavy atom. The predicted molar refractivity (Wildman–Crippen MR) is 77.9 cm³/mol. The molecule has 3 rings (SSSR count). The van der Waals surface area contributed by atoms with Crippen LogP contribution in [0.25, 0.3) is 0 Å². The highest BCUT2D eigenvalue weighted by Gasteiger charge is 2.37. The first-order valence-corrected chi connectivity index (χ1v) is 6.92. The minimum Gasteiger partial charge on any atom is -0.276 e. The predicted octanol–water partition coefficient (Wildman–Crippen LogP) is 5.01. The summed E-state index contributed by atoms with van der Waals surface area (Å²) in [6.07, 6.45) is 6.61. The van der Waals surface area contributed by atoms with Crippen molar-refractivity contribution in [1.82, 2.24) is 0 Å². The van der Waals surface area contributed by atoms with Gasteiger partial charge in [0.15, 0.2) is 0 Å². The smallest absolute Gasteiger partial charge is 0.0935 e. The SMILES string of the molecule is Clc1cc(Cl)c(N/N=C2/C[C@@H]3C=CC[C@@H]23)c(Cl)c1. The maximum atomic E-state index is 6.08. The van der Waals surface area contributed by atoms with Crippen molar-refractivity contribution in [3.05, 3.63) is 39.4 Å². The van der Waals surface area contributed by atoms with E-state index in [1.54, 1.807) is 12.1 Å². The lowest BCUT2D eigenvalue weighted by atomic mass is 9.74. The fraction of sp³-hybridized carbons (Fsp3) is 0.308. The van der Waals surface area contributed by atoms with Crippen LogP contribution in [0.15, 0.2) is 29.4 Å². The Labute approximate surface area is 121 Å². The average Bonchev–Trinajstić information content (AvgIpc) is 2.63. The third-order valence-electron chi connectivity index (χ3n) is 3.48. The molecule has 18 heavy (non-hydrogen) atoms. The molecule has 0 amide bonds. The Bertz CT molecular complexity index is 528. The Hall–Kier alpha value is -0.700. The van der Waals surface area contributed by atoms with Crippen molar-refractivity contribution in [2.24, 2.45) is 16.9 Å². The maximum absolute atomic E-state index is 6.08. The van der Waals surface area contributed by atoms with Crippen LogP contribution < -0.4 is 5.43 Å². The Morgan fingerprint density at radius 1 is 1.17 bits per heavy atom. The fourth-order valence-corrected chi connectivity index (χ4v) is 3.34. The summed E-state index contributed by atoms with van der Waals surface area (Å²) < 4.78 is 0. The second-order valence-corrected chi connectivity index (χ2v) is 5.85. The topological polar surface area (TPSA) is 24.4 Å². The molecule has 0 spiro atoms. The molecule has 0 aromatic heterocycles. The lowest BCUT2D eigenvalue weighted by Crippen LogP contribution is -2.33. The first-order valence-electron chi connectivity index (χ1n) is 5.79. The van der Waals surface area contributed by atoms with E-state index >= 15 is 0 Å². The van der Waals surface area contributed by atoms with Gasteiger partial charge in [-0.2, -0.15) is 5.10 Å². The van der Waals surface area contributed by atoms with Gasteiger partial charge < -0.3 is 0 Å². The van der Waals surface area contributed by atoms with Gasteiger partial charge in [-0.3, -0.25) is 5.43 Å². The minimum atomic E-state index is 0.484. The van der Waals surface area contributed by atoms with Gasteiger partial charge in [0.2, 0.25) is 0 Å². The van der Waals surface area contributed by atoms with Gasteiger partial charge >= 0.3 is 0 Å². The quantitative estimate of drug-likeness (QED) is 0.602. The molecule has 94 valence electrons. The van der Waals surface area contributed by atoms with Crippen LogP contribution in [0.2, 0.25) is 15.1 Å². The molecule has 0 saturated heterocycles. The van der Waals surface area contributed by atoms with Crippen molar-refractivity contribution >= 4 is 46.2 Å². The highest BCUT2D eigenvalue weighted by Crippen LogP contribution is 2.41. The first-order chi connectivity index (χ1) is 8.65. The molecular weight excluding hydrogens is 291 g/mol. The molecule has 0 aliphatic heterocycles. The van der Waals surface area contributed by atoms with Crippen LogP contribution in [-0.4, -0.2) is 5.71 Å². The van der Waals surface area contributed by atoms with Crippen LogP contribution in [0.3, 0.4) is 0 Å². The molecule has 0 bridgehead atoms. The number of rotatable bonds is 2. The van der Waals surface area contributed by atoms with E-state index in [1.165, 1.54) is 5.71 Å². The lowest BCUT2D eigenvalue weighted by Gasteiger charge is -2.32. The number of fused-ring (bicyclic) bond motifs is 1. The molecule has 2 aliphatic rings. The van der Waals surface area contributed by atoms with Gasteiger partial charge in [0, 0.05) is 16.7 Å². The first kappa shape index (κ1) is 12.3.